The van der Waals surface area contributed by atoms with E-state index in [1.165, 1.54) is 0 Å². The standard InChI is InChI=1S/C13H19F3N2/c1-2-8-17-12(6-7-13(14,15)16)10-11-5-3-4-9-18-11/h3-5,9,12,17H,2,6-8,10H2,1H3. The van der Waals surface area contributed by atoms with Crippen molar-refractivity contribution in [2.45, 2.75) is 44.8 Å². The van der Waals surface area contributed by atoms with Crippen LogP contribution in [0.3, 0.4) is 0 Å². The van der Waals surface area contributed by atoms with Gasteiger partial charge in [0.1, 0.15) is 0 Å². The lowest BCUT2D eigenvalue weighted by Gasteiger charge is -2.19. The molecule has 0 bridgehead atoms. The van der Waals surface area contributed by atoms with E-state index in [9.17, 15) is 13.2 Å². The summed E-state index contributed by atoms with van der Waals surface area (Å²) in [6.45, 7) is 2.73. The molecule has 1 heterocycles. The van der Waals surface area contributed by atoms with Crippen LogP contribution in [0.25, 0.3) is 0 Å². The largest absolute Gasteiger partial charge is 0.389 e. The van der Waals surface area contributed by atoms with Crippen molar-refractivity contribution in [3.63, 3.8) is 0 Å². The molecule has 1 N–H and O–H groups in total. The predicted octanol–water partition coefficient (Wildman–Crippen LogP) is 3.33. The van der Waals surface area contributed by atoms with E-state index in [0.29, 0.717) is 6.42 Å². The molecule has 18 heavy (non-hydrogen) atoms. The number of alkyl halides is 3. The molecule has 1 rings (SSSR count). The summed E-state index contributed by atoms with van der Waals surface area (Å²) in [6, 6.07) is 5.33. The Labute approximate surface area is 106 Å². The molecule has 0 aromatic carbocycles. The lowest BCUT2D eigenvalue weighted by molar-refractivity contribution is -0.136. The third-order valence-electron chi connectivity index (χ3n) is 2.64. The van der Waals surface area contributed by atoms with E-state index in [2.05, 4.69) is 10.3 Å². The Morgan fingerprint density at radius 3 is 2.67 bits per heavy atom. The van der Waals surface area contributed by atoms with Crippen molar-refractivity contribution in [2.24, 2.45) is 0 Å². The fraction of sp³-hybridized carbons (Fsp3) is 0.615. The molecule has 1 unspecified atom stereocenters. The van der Waals surface area contributed by atoms with Crippen molar-refractivity contribution >= 4 is 0 Å². The maximum absolute atomic E-state index is 12.2. The first-order chi connectivity index (χ1) is 8.51. The van der Waals surface area contributed by atoms with Crippen LogP contribution in [0, 0.1) is 0 Å². The van der Waals surface area contributed by atoms with E-state index in [-0.39, 0.29) is 12.5 Å². The normalized spacial score (nSPS) is 13.6. The first kappa shape index (κ1) is 15.0. The van der Waals surface area contributed by atoms with Crippen LogP contribution in [0.2, 0.25) is 0 Å². The first-order valence-corrected chi connectivity index (χ1v) is 6.21. The van der Waals surface area contributed by atoms with Crippen LogP contribution in [0.4, 0.5) is 13.2 Å². The topological polar surface area (TPSA) is 24.9 Å². The van der Waals surface area contributed by atoms with Gasteiger partial charge in [-0.05, 0) is 31.5 Å². The van der Waals surface area contributed by atoms with Crippen LogP contribution in [-0.2, 0) is 6.42 Å². The average molecular weight is 260 g/mol. The molecule has 102 valence electrons. The van der Waals surface area contributed by atoms with Crippen LogP contribution < -0.4 is 5.32 Å². The smallest absolute Gasteiger partial charge is 0.314 e. The van der Waals surface area contributed by atoms with E-state index in [1.807, 2.05) is 19.1 Å². The molecule has 0 radical (unpaired) electrons. The summed E-state index contributed by atoms with van der Waals surface area (Å²) in [7, 11) is 0. The second-order valence-corrected chi connectivity index (χ2v) is 4.33. The van der Waals surface area contributed by atoms with Gasteiger partial charge in [-0.1, -0.05) is 13.0 Å². The summed E-state index contributed by atoms with van der Waals surface area (Å²) in [5, 5.41) is 3.15. The highest BCUT2D eigenvalue weighted by molar-refractivity contribution is 5.05. The zero-order valence-electron chi connectivity index (χ0n) is 10.5. The molecule has 0 aliphatic rings. The summed E-state index contributed by atoms with van der Waals surface area (Å²) in [5.41, 5.74) is 0.827. The average Bonchev–Trinajstić information content (AvgIpc) is 2.33. The Morgan fingerprint density at radius 1 is 1.33 bits per heavy atom. The molecule has 0 spiro atoms. The second kappa shape index (κ2) is 7.36. The maximum Gasteiger partial charge on any atom is 0.389 e. The highest BCUT2D eigenvalue weighted by Crippen LogP contribution is 2.23. The minimum absolute atomic E-state index is 0.0973. The molecule has 0 fully saturated rings. The van der Waals surface area contributed by atoms with Gasteiger partial charge in [0.2, 0.25) is 0 Å². The lowest BCUT2D eigenvalue weighted by Crippen LogP contribution is -2.33. The fourth-order valence-corrected chi connectivity index (χ4v) is 1.73. The summed E-state index contributed by atoms with van der Waals surface area (Å²) >= 11 is 0. The van der Waals surface area contributed by atoms with Gasteiger partial charge in [-0.25, -0.2) is 0 Å². The number of rotatable bonds is 7. The van der Waals surface area contributed by atoms with Crippen LogP contribution in [0.15, 0.2) is 24.4 Å². The zero-order valence-corrected chi connectivity index (χ0v) is 10.5. The van der Waals surface area contributed by atoms with E-state index in [1.54, 1.807) is 12.3 Å². The molecular formula is C13H19F3N2. The van der Waals surface area contributed by atoms with Gasteiger partial charge in [-0.2, -0.15) is 13.2 Å². The van der Waals surface area contributed by atoms with Crippen LogP contribution in [-0.4, -0.2) is 23.7 Å². The minimum Gasteiger partial charge on any atom is -0.314 e. The highest BCUT2D eigenvalue weighted by Gasteiger charge is 2.28. The van der Waals surface area contributed by atoms with Crippen molar-refractivity contribution in [3.8, 4) is 0 Å². The predicted molar refractivity (Wildman–Crippen MR) is 65.3 cm³/mol. The van der Waals surface area contributed by atoms with Gasteiger partial charge in [-0.15, -0.1) is 0 Å². The van der Waals surface area contributed by atoms with Crippen LogP contribution in [0.1, 0.15) is 31.9 Å². The van der Waals surface area contributed by atoms with Crippen molar-refractivity contribution in [1.82, 2.24) is 10.3 Å². The molecule has 1 atom stereocenters. The van der Waals surface area contributed by atoms with Crippen molar-refractivity contribution in [2.75, 3.05) is 6.54 Å². The van der Waals surface area contributed by atoms with Crippen LogP contribution in [0.5, 0.6) is 0 Å². The Balaban J connectivity index is 2.50. The minimum atomic E-state index is -4.09. The SMILES string of the molecule is CCCNC(CCC(F)(F)F)Cc1ccccn1. The van der Waals surface area contributed by atoms with Crippen molar-refractivity contribution < 1.29 is 13.2 Å². The molecule has 1 aromatic rings. The van der Waals surface area contributed by atoms with Crippen LogP contribution >= 0.6 is 0 Å². The summed E-state index contributed by atoms with van der Waals surface area (Å²) in [5.74, 6) is 0. The molecule has 1 aromatic heterocycles. The number of aromatic nitrogens is 1. The van der Waals surface area contributed by atoms with Crippen molar-refractivity contribution in [1.29, 1.82) is 0 Å². The molecule has 5 heteroatoms. The number of nitrogens with zero attached hydrogens (tertiary/aromatic N) is 1. The second-order valence-electron chi connectivity index (χ2n) is 4.33. The van der Waals surface area contributed by atoms with Gasteiger partial charge in [0.15, 0.2) is 0 Å². The first-order valence-electron chi connectivity index (χ1n) is 6.21. The Kier molecular flexibility index (Phi) is 6.12. The molecule has 0 saturated heterocycles. The molecule has 0 aliphatic heterocycles. The van der Waals surface area contributed by atoms with E-state index >= 15 is 0 Å². The van der Waals surface area contributed by atoms with E-state index < -0.39 is 12.6 Å². The molecule has 0 amide bonds. The Morgan fingerprint density at radius 2 is 2.11 bits per heavy atom. The van der Waals surface area contributed by atoms with Gasteiger partial charge in [-0.3, -0.25) is 4.98 Å². The van der Waals surface area contributed by atoms with Gasteiger partial charge in [0, 0.05) is 30.8 Å². The van der Waals surface area contributed by atoms with E-state index in [0.717, 1.165) is 18.7 Å². The molecule has 2 nitrogen and oxygen atoms in total. The number of hydrogen-bond acceptors (Lipinski definition) is 2. The fourth-order valence-electron chi connectivity index (χ4n) is 1.73. The monoisotopic (exact) mass is 260 g/mol. The number of hydrogen-bond donors (Lipinski definition) is 1. The summed E-state index contributed by atoms with van der Waals surface area (Å²) in [6.07, 6.45) is -1.63. The van der Waals surface area contributed by atoms with E-state index in [4.69, 9.17) is 0 Å². The summed E-state index contributed by atoms with van der Waals surface area (Å²) < 4.78 is 36.7. The van der Waals surface area contributed by atoms with Gasteiger partial charge in [0.25, 0.3) is 0 Å². The number of nitrogens with one attached hydrogen (secondary N) is 1. The molecule has 0 saturated carbocycles. The highest BCUT2D eigenvalue weighted by atomic mass is 19.4. The van der Waals surface area contributed by atoms with Gasteiger partial charge >= 0.3 is 6.18 Å². The third kappa shape index (κ3) is 6.59. The number of halogens is 3. The van der Waals surface area contributed by atoms with Crippen molar-refractivity contribution in [3.05, 3.63) is 30.1 Å². The van der Waals surface area contributed by atoms with Gasteiger partial charge < -0.3 is 5.32 Å². The Hall–Kier alpha value is -1.10. The Bertz CT molecular complexity index is 325. The maximum atomic E-state index is 12.2. The summed E-state index contributed by atoms with van der Waals surface area (Å²) in [4.78, 5) is 4.15. The third-order valence-corrected chi connectivity index (χ3v) is 2.64. The molecular weight excluding hydrogens is 241 g/mol. The quantitative estimate of drug-likeness (QED) is 0.813. The molecule has 0 aliphatic carbocycles. The zero-order chi connectivity index (χ0) is 13.4. The lowest BCUT2D eigenvalue weighted by atomic mass is 10.0. The van der Waals surface area contributed by atoms with Gasteiger partial charge in [0.05, 0.1) is 0 Å². The number of pyridine rings is 1.